The largest absolute Gasteiger partial charge is 0.460 e. The van der Waals surface area contributed by atoms with Crippen LogP contribution in [0.1, 0.15) is 6.92 Å². The fraction of sp³-hybridized carbons (Fsp3) is 0.364. The number of cyclic esters (lactones) is 2. The lowest BCUT2D eigenvalue weighted by Crippen LogP contribution is -2.06. The zero-order valence-electron chi connectivity index (χ0n) is 9.30. The molecular formula is C11H12O6. The molecule has 2 heterocycles. The summed E-state index contributed by atoms with van der Waals surface area (Å²) in [5.41, 5.74) is 0.370. The van der Waals surface area contributed by atoms with Crippen molar-refractivity contribution in [3.05, 3.63) is 24.3 Å². The van der Waals surface area contributed by atoms with Gasteiger partial charge in [0.15, 0.2) is 0 Å². The van der Waals surface area contributed by atoms with Crippen LogP contribution < -0.4 is 0 Å². The van der Waals surface area contributed by atoms with Gasteiger partial charge in [0.1, 0.15) is 12.7 Å². The van der Waals surface area contributed by atoms with Gasteiger partial charge in [0.25, 0.3) is 0 Å². The van der Waals surface area contributed by atoms with E-state index in [2.05, 4.69) is 16.1 Å². The van der Waals surface area contributed by atoms with Gasteiger partial charge in [-0.05, 0) is 6.92 Å². The normalized spacial score (nSPS) is 20.8. The van der Waals surface area contributed by atoms with E-state index in [1.54, 1.807) is 0 Å². The molecule has 1 atom stereocenters. The minimum absolute atomic E-state index is 0.147. The summed E-state index contributed by atoms with van der Waals surface area (Å²) in [7, 11) is 0. The van der Waals surface area contributed by atoms with Crippen molar-refractivity contribution in [3.63, 3.8) is 0 Å². The third-order valence-electron chi connectivity index (χ3n) is 1.83. The molecule has 0 saturated carbocycles. The van der Waals surface area contributed by atoms with Crippen LogP contribution in [0.2, 0.25) is 0 Å². The van der Waals surface area contributed by atoms with Crippen molar-refractivity contribution < 1.29 is 28.6 Å². The molecule has 1 saturated heterocycles. The van der Waals surface area contributed by atoms with Crippen molar-refractivity contribution in [2.24, 2.45) is 0 Å². The van der Waals surface area contributed by atoms with Gasteiger partial charge in [-0.3, -0.25) is 0 Å². The van der Waals surface area contributed by atoms with E-state index in [0.29, 0.717) is 18.8 Å². The molecule has 2 aliphatic heterocycles. The molecule has 0 aliphatic carbocycles. The molecule has 0 aromatic heterocycles. The van der Waals surface area contributed by atoms with Gasteiger partial charge in [-0.2, -0.15) is 0 Å². The summed E-state index contributed by atoms with van der Waals surface area (Å²) in [4.78, 5) is 30.8. The summed E-state index contributed by atoms with van der Waals surface area (Å²) in [6.45, 7) is 5.86. The van der Waals surface area contributed by atoms with Crippen molar-refractivity contribution in [2.45, 2.75) is 13.0 Å². The molecule has 0 aromatic rings. The molecule has 0 spiro atoms. The summed E-state index contributed by atoms with van der Waals surface area (Å²) in [5.74, 6) is -1.48. The van der Waals surface area contributed by atoms with Crippen molar-refractivity contribution in [1.29, 1.82) is 0 Å². The highest BCUT2D eigenvalue weighted by Gasteiger charge is 2.23. The molecule has 0 N–H and O–H groups in total. The van der Waals surface area contributed by atoms with Gasteiger partial charge in [0.05, 0.1) is 6.61 Å². The molecule has 1 fully saturated rings. The number of carbonyl (C=O) groups is 3. The summed E-state index contributed by atoms with van der Waals surface area (Å²) < 4.78 is 13.5. The van der Waals surface area contributed by atoms with Crippen LogP contribution >= 0.6 is 0 Å². The molecule has 92 valence electrons. The smallest absolute Gasteiger partial charge is 0.341 e. The highest BCUT2D eigenvalue weighted by molar-refractivity contribution is 6.08. The maximum atomic E-state index is 10.3. The first-order chi connectivity index (χ1) is 8.02. The molecule has 0 aromatic carbocycles. The van der Waals surface area contributed by atoms with Crippen LogP contribution in [0, 0.1) is 0 Å². The number of esters is 3. The van der Waals surface area contributed by atoms with Crippen molar-refractivity contribution in [3.8, 4) is 0 Å². The first kappa shape index (κ1) is 13.1. The molecule has 6 nitrogen and oxygen atoms in total. The standard InChI is InChI=1S/C6H8O3.C5H4O3/c1-2-6(7)9-4-5-3-8-5;1-3-2-4(6)8-5(3)7/h2,5H,1,3-4H2;2H,1H3. The molecule has 0 radical (unpaired) electrons. The number of hydrogen-bond acceptors (Lipinski definition) is 6. The second-order valence-electron chi connectivity index (χ2n) is 3.33. The summed E-state index contributed by atoms with van der Waals surface area (Å²) in [5, 5.41) is 0. The fourth-order valence-electron chi connectivity index (χ4n) is 0.835. The van der Waals surface area contributed by atoms with Gasteiger partial charge in [0, 0.05) is 17.7 Å². The van der Waals surface area contributed by atoms with E-state index < -0.39 is 11.9 Å². The Morgan fingerprint density at radius 2 is 2.29 bits per heavy atom. The SMILES string of the molecule is C=CC(=O)OCC1CO1.CC1=CC(=O)OC1=O. The van der Waals surface area contributed by atoms with Crippen LogP contribution in [0.3, 0.4) is 0 Å². The van der Waals surface area contributed by atoms with E-state index in [1.165, 1.54) is 13.0 Å². The van der Waals surface area contributed by atoms with Gasteiger partial charge < -0.3 is 14.2 Å². The van der Waals surface area contributed by atoms with Crippen LogP contribution in [0.25, 0.3) is 0 Å². The zero-order chi connectivity index (χ0) is 12.8. The first-order valence-corrected chi connectivity index (χ1v) is 4.88. The van der Waals surface area contributed by atoms with E-state index in [0.717, 1.165) is 6.08 Å². The predicted octanol–water partition coefficient (Wildman–Crippen LogP) is 0.130. The summed E-state index contributed by atoms with van der Waals surface area (Å²) >= 11 is 0. The first-order valence-electron chi connectivity index (χ1n) is 4.88. The van der Waals surface area contributed by atoms with Crippen LogP contribution in [-0.2, 0) is 28.6 Å². The Hall–Kier alpha value is -1.95. The molecule has 2 rings (SSSR count). The van der Waals surface area contributed by atoms with E-state index in [-0.39, 0.29) is 12.1 Å². The maximum absolute atomic E-state index is 10.3. The summed E-state index contributed by atoms with van der Waals surface area (Å²) in [6.07, 6.45) is 2.46. The number of rotatable bonds is 3. The Balaban J connectivity index is 0.000000171. The van der Waals surface area contributed by atoms with Crippen molar-refractivity contribution >= 4 is 17.9 Å². The Kier molecular flexibility index (Phi) is 4.59. The Labute approximate surface area is 97.8 Å². The predicted molar refractivity (Wildman–Crippen MR) is 55.8 cm³/mol. The minimum Gasteiger partial charge on any atom is -0.460 e. The molecule has 1 unspecified atom stereocenters. The molecule has 0 amide bonds. The van der Waals surface area contributed by atoms with Crippen LogP contribution in [-0.4, -0.2) is 37.2 Å². The number of ether oxygens (including phenoxy) is 3. The van der Waals surface area contributed by atoms with Gasteiger partial charge in [0.2, 0.25) is 0 Å². The quantitative estimate of drug-likeness (QED) is 0.302. The second kappa shape index (κ2) is 5.95. The lowest BCUT2D eigenvalue weighted by atomic mass is 10.3. The van der Waals surface area contributed by atoms with E-state index in [4.69, 9.17) is 4.74 Å². The van der Waals surface area contributed by atoms with Gasteiger partial charge in [-0.25, -0.2) is 14.4 Å². The van der Waals surface area contributed by atoms with Gasteiger partial charge in [-0.15, -0.1) is 0 Å². The van der Waals surface area contributed by atoms with Crippen molar-refractivity contribution in [1.82, 2.24) is 0 Å². The average Bonchev–Trinajstić information content (AvgIpc) is 3.05. The molecule has 0 bridgehead atoms. The third-order valence-corrected chi connectivity index (χ3v) is 1.83. The van der Waals surface area contributed by atoms with E-state index >= 15 is 0 Å². The monoisotopic (exact) mass is 240 g/mol. The number of epoxide rings is 1. The van der Waals surface area contributed by atoms with Crippen molar-refractivity contribution in [2.75, 3.05) is 13.2 Å². The average molecular weight is 240 g/mol. The van der Waals surface area contributed by atoms with Crippen LogP contribution in [0.4, 0.5) is 0 Å². The fourth-order valence-corrected chi connectivity index (χ4v) is 0.835. The lowest BCUT2D eigenvalue weighted by Gasteiger charge is -1.94. The highest BCUT2D eigenvalue weighted by atomic mass is 16.6. The van der Waals surface area contributed by atoms with Gasteiger partial charge in [-0.1, -0.05) is 6.58 Å². The second-order valence-corrected chi connectivity index (χ2v) is 3.33. The molecule has 2 aliphatic rings. The summed E-state index contributed by atoms with van der Waals surface area (Å²) in [6, 6.07) is 0. The lowest BCUT2D eigenvalue weighted by molar-refractivity contribution is -0.150. The zero-order valence-corrected chi connectivity index (χ0v) is 9.30. The number of carbonyl (C=O) groups excluding carboxylic acids is 3. The van der Waals surface area contributed by atoms with E-state index in [9.17, 15) is 14.4 Å². The Morgan fingerprint density at radius 3 is 2.59 bits per heavy atom. The molecule has 17 heavy (non-hydrogen) atoms. The minimum atomic E-state index is -0.562. The number of hydrogen-bond donors (Lipinski definition) is 0. The van der Waals surface area contributed by atoms with Gasteiger partial charge >= 0.3 is 17.9 Å². The maximum Gasteiger partial charge on any atom is 0.341 e. The highest BCUT2D eigenvalue weighted by Crippen LogP contribution is 2.08. The third kappa shape index (κ3) is 5.07. The molecule has 6 heteroatoms. The topological polar surface area (TPSA) is 82.2 Å². The van der Waals surface area contributed by atoms with Crippen LogP contribution in [0.5, 0.6) is 0 Å². The van der Waals surface area contributed by atoms with E-state index in [1.807, 2.05) is 0 Å². The Morgan fingerprint density at radius 1 is 1.65 bits per heavy atom. The Bertz CT molecular complexity index is 377. The molecular weight excluding hydrogens is 228 g/mol. The van der Waals surface area contributed by atoms with Crippen LogP contribution in [0.15, 0.2) is 24.3 Å².